The Morgan fingerprint density at radius 1 is 0.826 bits per heavy atom. The molecule has 4 rings (SSSR count). The first-order valence-electron chi connectivity index (χ1n) is 7.94. The zero-order chi connectivity index (χ0) is 15.1. The second kappa shape index (κ2) is 6.32. The van der Waals surface area contributed by atoms with Crippen LogP contribution >= 0.6 is 0 Å². The molecule has 4 aromatic carbocycles. The van der Waals surface area contributed by atoms with Crippen LogP contribution in [0, 0.1) is 6.92 Å². The molecule has 0 nitrogen and oxygen atoms in total. The number of hydrogen-bond acceptors (Lipinski definition) is 0. The van der Waals surface area contributed by atoms with Crippen LogP contribution in [0.15, 0.2) is 66.7 Å². The number of aryl methyl sites for hydroxylation is 2. The van der Waals surface area contributed by atoms with E-state index in [1.54, 1.807) is 0 Å². The Bertz CT molecular complexity index is 971. The second-order valence-corrected chi connectivity index (χ2v) is 6.06. The quantitative estimate of drug-likeness (QED) is 0.393. The van der Waals surface area contributed by atoms with E-state index in [0.717, 1.165) is 6.42 Å². The van der Waals surface area contributed by atoms with E-state index in [1.807, 2.05) is 0 Å². The first-order valence-corrected chi connectivity index (χ1v) is 7.94. The molecule has 0 heterocycles. The Labute approximate surface area is 149 Å². The summed E-state index contributed by atoms with van der Waals surface area (Å²) in [6, 6.07) is 24.5. The van der Waals surface area contributed by atoms with Crippen LogP contribution in [-0.4, -0.2) is 0 Å². The van der Waals surface area contributed by atoms with Gasteiger partial charge in [-0.3, -0.25) is 0 Å². The fourth-order valence-electron chi connectivity index (χ4n) is 3.42. The minimum Gasteiger partial charge on any atom is -0.164 e. The Kier molecular flexibility index (Phi) is 4.40. The standard InChI is InChI=1S/C22H19.Li/c1-3-16-13-18-11-15(2)12-22(21(18)14-16)20-10-6-8-17-7-4-5-9-19(17)20;/h4-14H,3H2,1-2H3;/q-1;+1. The third kappa shape index (κ3) is 2.74. The van der Waals surface area contributed by atoms with E-state index in [1.165, 1.54) is 43.8 Å². The molecule has 0 atom stereocenters. The molecular weight excluding hydrogens is 271 g/mol. The van der Waals surface area contributed by atoms with Crippen LogP contribution < -0.4 is 18.9 Å². The average molecular weight is 290 g/mol. The molecule has 1 heteroatoms. The van der Waals surface area contributed by atoms with Crippen LogP contribution in [0.25, 0.3) is 32.7 Å². The fourth-order valence-corrected chi connectivity index (χ4v) is 3.42. The van der Waals surface area contributed by atoms with Gasteiger partial charge in [0, 0.05) is 0 Å². The van der Waals surface area contributed by atoms with Gasteiger partial charge in [0.2, 0.25) is 0 Å². The minimum absolute atomic E-state index is 0. The molecule has 0 unspecified atom stereocenters. The number of benzene rings is 3. The van der Waals surface area contributed by atoms with Gasteiger partial charge in [0.1, 0.15) is 0 Å². The fraction of sp³-hybridized carbons (Fsp3) is 0.136. The summed E-state index contributed by atoms with van der Waals surface area (Å²) in [5.41, 5.74) is 5.43. The van der Waals surface area contributed by atoms with Crippen molar-refractivity contribution in [1.29, 1.82) is 0 Å². The molecule has 0 aromatic heterocycles. The van der Waals surface area contributed by atoms with Crippen molar-refractivity contribution >= 4 is 21.5 Å². The molecular formula is C22H19Li. The van der Waals surface area contributed by atoms with Crippen molar-refractivity contribution in [3.05, 3.63) is 77.9 Å². The maximum absolute atomic E-state index is 2.35. The summed E-state index contributed by atoms with van der Waals surface area (Å²) in [7, 11) is 0. The van der Waals surface area contributed by atoms with Crippen LogP contribution in [0.2, 0.25) is 0 Å². The maximum Gasteiger partial charge on any atom is 1.00 e. The molecule has 0 radical (unpaired) electrons. The SMILES string of the molecule is CCc1cc2c(-c3cccc4ccccc34)cc(C)cc2[cH-]1.[Li+]. The summed E-state index contributed by atoms with van der Waals surface area (Å²) in [6.07, 6.45) is 1.09. The van der Waals surface area contributed by atoms with Gasteiger partial charge >= 0.3 is 18.9 Å². The average Bonchev–Trinajstić information content (AvgIpc) is 2.96. The summed E-state index contributed by atoms with van der Waals surface area (Å²) in [5.74, 6) is 0. The molecule has 0 amide bonds. The van der Waals surface area contributed by atoms with E-state index in [0.29, 0.717) is 0 Å². The van der Waals surface area contributed by atoms with Gasteiger partial charge in [-0.05, 0) is 29.7 Å². The van der Waals surface area contributed by atoms with E-state index in [-0.39, 0.29) is 18.9 Å². The Morgan fingerprint density at radius 2 is 1.61 bits per heavy atom. The molecule has 0 fully saturated rings. The van der Waals surface area contributed by atoms with E-state index in [4.69, 9.17) is 0 Å². The molecule has 0 saturated carbocycles. The third-order valence-corrected chi connectivity index (χ3v) is 4.52. The van der Waals surface area contributed by atoms with E-state index < -0.39 is 0 Å². The summed E-state index contributed by atoms with van der Waals surface area (Å²) in [4.78, 5) is 0. The molecule has 0 N–H and O–H groups in total. The van der Waals surface area contributed by atoms with Crippen molar-refractivity contribution in [2.45, 2.75) is 20.3 Å². The van der Waals surface area contributed by atoms with Crippen LogP contribution in [0.5, 0.6) is 0 Å². The first-order chi connectivity index (χ1) is 10.8. The van der Waals surface area contributed by atoms with E-state index in [2.05, 4.69) is 80.6 Å². The van der Waals surface area contributed by atoms with Crippen molar-refractivity contribution in [2.24, 2.45) is 0 Å². The van der Waals surface area contributed by atoms with Crippen molar-refractivity contribution < 1.29 is 18.9 Å². The maximum atomic E-state index is 2.35. The molecule has 0 aliphatic heterocycles. The van der Waals surface area contributed by atoms with Gasteiger partial charge in [0.05, 0.1) is 0 Å². The predicted octanol–water partition coefficient (Wildman–Crippen LogP) is 3.25. The van der Waals surface area contributed by atoms with Crippen molar-refractivity contribution in [3.8, 4) is 11.1 Å². The van der Waals surface area contributed by atoms with Gasteiger partial charge in [-0.15, -0.1) is 28.5 Å². The molecule has 0 spiro atoms. The van der Waals surface area contributed by atoms with Gasteiger partial charge < -0.3 is 0 Å². The summed E-state index contributed by atoms with van der Waals surface area (Å²) in [5, 5.41) is 5.37. The normalized spacial score (nSPS) is 10.9. The second-order valence-electron chi connectivity index (χ2n) is 6.06. The number of hydrogen-bond donors (Lipinski definition) is 0. The Hall–Kier alpha value is -1.87. The first kappa shape index (κ1) is 16.0. The Balaban J connectivity index is 0.00000156. The van der Waals surface area contributed by atoms with Crippen LogP contribution in [0.1, 0.15) is 18.1 Å². The molecule has 108 valence electrons. The number of fused-ring (bicyclic) bond motifs is 2. The van der Waals surface area contributed by atoms with E-state index in [9.17, 15) is 0 Å². The van der Waals surface area contributed by atoms with Gasteiger partial charge in [-0.25, -0.2) is 0 Å². The van der Waals surface area contributed by atoms with Gasteiger partial charge in [-0.2, -0.15) is 6.07 Å². The van der Waals surface area contributed by atoms with Gasteiger partial charge in [-0.1, -0.05) is 66.6 Å². The summed E-state index contributed by atoms with van der Waals surface area (Å²) >= 11 is 0. The molecule has 23 heavy (non-hydrogen) atoms. The van der Waals surface area contributed by atoms with Crippen molar-refractivity contribution in [2.75, 3.05) is 0 Å². The van der Waals surface area contributed by atoms with Gasteiger partial charge in [0.25, 0.3) is 0 Å². The summed E-state index contributed by atoms with van der Waals surface area (Å²) < 4.78 is 0. The monoisotopic (exact) mass is 290 g/mol. The predicted molar refractivity (Wildman–Crippen MR) is 96.6 cm³/mol. The van der Waals surface area contributed by atoms with Crippen molar-refractivity contribution in [1.82, 2.24) is 0 Å². The van der Waals surface area contributed by atoms with Gasteiger partial charge in [0.15, 0.2) is 0 Å². The smallest absolute Gasteiger partial charge is 0.164 e. The molecule has 0 bridgehead atoms. The zero-order valence-corrected chi connectivity index (χ0v) is 14.1. The van der Waals surface area contributed by atoms with Crippen molar-refractivity contribution in [3.63, 3.8) is 0 Å². The minimum atomic E-state index is 0. The third-order valence-electron chi connectivity index (χ3n) is 4.52. The zero-order valence-electron chi connectivity index (χ0n) is 14.1. The molecule has 4 aromatic rings. The topological polar surface area (TPSA) is 0 Å². The van der Waals surface area contributed by atoms with Crippen LogP contribution in [0.3, 0.4) is 0 Å². The molecule has 0 aliphatic carbocycles. The summed E-state index contributed by atoms with van der Waals surface area (Å²) in [6.45, 7) is 4.41. The number of rotatable bonds is 2. The molecule has 0 aliphatic rings. The Morgan fingerprint density at radius 3 is 2.43 bits per heavy atom. The largest absolute Gasteiger partial charge is 1.00 e. The van der Waals surface area contributed by atoms with Crippen LogP contribution in [0.4, 0.5) is 0 Å². The molecule has 0 saturated heterocycles. The van der Waals surface area contributed by atoms with E-state index >= 15 is 0 Å². The van der Waals surface area contributed by atoms with Crippen LogP contribution in [-0.2, 0) is 6.42 Å².